The van der Waals surface area contributed by atoms with Gasteiger partial charge in [0, 0.05) is 0 Å². The van der Waals surface area contributed by atoms with Crippen molar-refractivity contribution < 1.29 is 5.11 Å². The molecule has 0 radical (unpaired) electrons. The molecule has 0 aliphatic carbocycles. The number of aliphatic hydroxyl groups is 1. The minimum absolute atomic E-state index is 0.128. The Morgan fingerprint density at radius 1 is 1.33 bits per heavy atom. The van der Waals surface area contributed by atoms with Crippen molar-refractivity contribution in [2.24, 2.45) is 0 Å². The van der Waals surface area contributed by atoms with Crippen LogP contribution in [0.5, 0.6) is 0 Å². The van der Waals surface area contributed by atoms with Gasteiger partial charge in [-0.3, -0.25) is 9.36 Å². The van der Waals surface area contributed by atoms with E-state index in [1.165, 1.54) is 22.2 Å². The molecule has 1 aromatic carbocycles. The molecule has 0 aliphatic heterocycles. The average molecular weight is 297 g/mol. The van der Waals surface area contributed by atoms with Crippen LogP contribution in [0.25, 0.3) is 10.2 Å². The molecule has 5 nitrogen and oxygen atoms in total. The van der Waals surface area contributed by atoms with Crippen LogP contribution in [0.15, 0.2) is 46.8 Å². The Bertz CT molecular complexity index is 874. The van der Waals surface area contributed by atoms with Crippen LogP contribution in [0.4, 0.5) is 0 Å². The van der Waals surface area contributed by atoms with Gasteiger partial charge in [0.1, 0.15) is 4.83 Å². The molecule has 0 bridgehead atoms. The van der Waals surface area contributed by atoms with E-state index in [1.54, 1.807) is 30.3 Å². The lowest BCUT2D eigenvalue weighted by atomic mass is 10.1. The highest BCUT2D eigenvalue weighted by atomic mass is 32.1. The summed E-state index contributed by atoms with van der Waals surface area (Å²) in [6.07, 6.45) is 0.627. The second-order valence-corrected chi connectivity index (χ2v) is 5.49. The molecule has 3 rings (SSSR count). The summed E-state index contributed by atoms with van der Waals surface area (Å²) in [7, 11) is 0. The lowest BCUT2D eigenvalue weighted by Crippen LogP contribution is -2.23. The number of benzene rings is 1. The van der Waals surface area contributed by atoms with Crippen molar-refractivity contribution in [3.8, 4) is 6.07 Å². The number of hydrogen-bond donors (Lipinski definition) is 1. The van der Waals surface area contributed by atoms with E-state index in [2.05, 4.69) is 4.98 Å². The maximum atomic E-state index is 12.2. The van der Waals surface area contributed by atoms with E-state index >= 15 is 0 Å². The summed E-state index contributed by atoms with van der Waals surface area (Å²) in [4.78, 5) is 17.1. The SMILES string of the molecule is N#Cc1ccc(C(O)Cn2cnc3sccc3c2=O)cc1. The summed E-state index contributed by atoms with van der Waals surface area (Å²) in [5, 5.41) is 21.4. The molecule has 2 aromatic heterocycles. The Balaban J connectivity index is 1.88. The molecular formula is C15H11N3O2S. The smallest absolute Gasteiger partial charge is 0.262 e. The van der Waals surface area contributed by atoms with E-state index in [9.17, 15) is 9.90 Å². The summed E-state index contributed by atoms with van der Waals surface area (Å²) in [5.74, 6) is 0. The number of aromatic nitrogens is 2. The molecule has 1 atom stereocenters. The van der Waals surface area contributed by atoms with Crippen LogP contribution in [0.1, 0.15) is 17.2 Å². The van der Waals surface area contributed by atoms with Crippen molar-refractivity contribution in [3.63, 3.8) is 0 Å². The number of nitrogens with zero attached hydrogens (tertiary/aromatic N) is 3. The fourth-order valence-electron chi connectivity index (χ4n) is 2.09. The lowest BCUT2D eigenvalue weighted by Gasteiger charge is -2.12. The zero-order valence-corrected chi connectivity index (χ0v) is 11.7. The highest BCUT2D eigenvalue weighted by molar-refractivity contribution is 7.16. The van der Waals surface area contributed by atoms with Crippen LogP contribution in [-0.4, -0.2) is 14.7 Å². The number of aliphatic hydroxyl groups excluding tert-OH is 1. The summed E-state index contributed by atoms with van der Waals surface area (Å²) < 4.78 is 1.40. The van der Waals surface area contributed by atoms with Gasteiger partial charge in [-0.05, 0) is 29.1 Å². The standard InChI is InChI=1S/C15H11N3O2S/c16-7-10-1-3-11(4-2-10)13(19)8-18-9-17-14-12(15(18)20)5-6-21-14/h1-6,9,13,19H,8H2. The number of hydrogen-bond acceptors (Lipinski definition) is 5. The first-order valence-corrected chi connectivity index (χ1v) is 7.18. The summed E-state index contributed by atoms with van der Waals surface area (Å²) >= 11 is 1.41. The highest BCUT2D eigenvalue weighted by Gasteiger charge is 2.11. The van der Waals surface area contributed by atoms with E-state index in [0.29, 0.717) is 21.3 Å². The van der Waals surface area contributed by atoms with Crippen LogP contribution in [0.3, 0.4) is 0 Å². The van der Waals surface area contributed by atoms with Gasteiger partial charge in [-0.15, -0.1) is 11.3 Å². The number of thiophene rings is 1. The first kappa shape index (κ1) is 13.5. The van der Waals surface area contributed by atoms with Crippen LogP contribution in [0, 0.1) is 11.3 Å². The monoisotopic (exact) mass is 297 g/mol. The maximum absolute atomic E-state index is 12.2. The summed E-state index contributed by atoms with van der Waals surface area (Å²) in [6, 6.07) is 10.4. The number of fused-ring (bicyclic) bond motifs is 1. The number of rotatable bonds is 3. The third-order valence-corrected chi connectivity index (χ3v) is 4.07. The van der Waals surface area contributed by atoms with Crippen molar-refractivity contribution in [3.05, 3.63) is 63.5 Å². The molecule has 6 heteroatoms. The van der Waals surface area contributed by atoms with Gasteiger partial charge in [0.25, 0.3) is 5.56 Å². The molecule has 0 saturated heterocycles. The zero-order chi connectivity index (χ0) is 14.8. The van der Waals surface area contributed by atoms with Gasteiger partial charge < -0.3 is 5.11 Å². The van der Waals surface area contributed by atoms with Gasteiger partial charge in [0.2, 0.25) is 0 Å². The molecule has 2 heterocycles. The Kier molecular flexibility index (Phi) is 3.52. The van der Waals surface area contributed by atoms with Crippen molar-refractivity contribution in [2.75, 3.05) is 0 Å². The minimum Gasteiger partial charge on any atom is -0.387 e. The van der Waals surface area contributed by atoms with Crippen molar-refractivity contribution in [1.29, 1.82) is 5.26 Å². The molecule has 0 aliphatic rings. The minimum atomic E-state index is -0.826. The second-order valence-electron chi connectivity index (χ2n) is 4.59. The van der Waals surface area contributed by atoms with E-state index in [1.807, 2.05) is 11.4 Å². The van der Waals surface area contributed by atoms with Crippen LogP contribution in [-0.2, 0) is 6.54 Å². The van der Waals surface area contributed by atoms with Crippen molar-refractivity contribution >= 4 is 21.6 Å². The molecule has 1 unspecified atom stereocenters. The molecule has 1 N–H and O–H groups in total. The third-order valence-electron chi connectivity index (χ3n) is 3.24. The summed E-state index contributed by atoms with van der Waals surface area (Å²) in [6.45, 7) is 0.128. The van der Waals surface area contributed by atoms with Crippen LogP contribution >= 0.6 is 11.3 Å². The predicted molar refractivity (Wildman–Crippen MR) is 80.0 cm³/mol. The Hall–Kier alpha value is -2.49. The molecular weight excluding hydrogens is 286 g/mol. The van der Waals surface area contributed by atoms with Crippen molar-refractivity contribution in [2.45, 2.75) is 12.6 Å². The fourth-order valence-corrected chi connectivity index (χ4v) is 2.82. The third kappa shape index (κ3) is 2.57. The van der Waals surface area contributed by atoms with E-state index in [0.717, 1.165) is 0 Å². The lowest BCUT2D eigenvalue weighted by molar-refractivity contribution is 0.155. The number of nitriles is 1. The van der Waals surface area contributed by atoms with Gasteiger partial charge >= 0.3 is 0 Å². The first-order chi connectivity index (χ1) is 10.2. The van der Waals surface area contributed by atoms with E-state index in [4.69, 9.17) is 5.26 Å². The molecule has 3 aromatic rings. The maximum Gasteiger partial charge on any atom is 0.262 e. The first-order valence-electron chi connectivity index (χ1n) is 6.30. The van der Waals surface area contributed by atoms with Gasteiger partial charge in [0.05, 0.1) is 36.0 Å². The van der Waals surface area contributed by atoms with Crippen LogP contribution in [0.2, 0.25) is 0 Å². The predicted octanol–water partition coefficient (Wildman–Crippen LogP) is 2.06. The largest absolute Gasteiger partial charge is 0.387 e. The Labute approximate surface area is 124 Å². The molecule has 0 saturated carbocycles. The molecule has 0 spiro atoms. The van der Waals surface area contributed by atoms with E-state index < -0.39 is 6.10 Å². The van der Waals surface area contributed by atoms with Gasteiger partial charge in [-0.1, -0.05) is 12.1 Å². The average Bonchev–Trinajstić information content (AvgIpc) is 2.99. The van der Waals surface area contributed by atoms with Crippen LogP contribution < -0.4 is 5.56 Å². The van der Waals surface area contributed by atoms with Gasteiger partial charge in [-0.2, -0.15) is 5.26 Å². The Morgan fingerprint density at radius 3 is 2.81 bits per heavy atom. The van der Waals surface area contributed by atoms with Gasteiger partial charge in [0.15, 0.2) is 0 Å². The molecule has 0 fully saturated rings. The van der Waals surface area contributed by atoms with Crippen molar-refractivity contribution in [1.82, 2.24) is 9.55 Å². The molecule has 104 valence electrons. The topological polar surface area (TPSA) is 78.9 Å². The molecule has 0 amide bonds. The molecule has 21 heavy (non-hydrogen) atoms. The normalized spacial score (nSPS) is 12.2. The Morgan fingerprint density at radius 2 is 2.10 bits per heavy atom. The highest BCUT2D eigenvalue weighted by Crippen LogP contribution is 2.17. The second kappa shape index (κ2) is 5.48. The summed E-state index contributed by atoms with van der Waals surface area (Å²) in [5.41, 5.74) is 1.03. The van der Waals surface area contributed by atoms with E-state index in [-0.39, 0.29) is 12.1 Å². The zero-order valence-electron chi connectivity index (χ0n) is 10.9. The quantitative estimate of drug-likeness (QED) is 0.802. The van der Waals surface area contributed by atoms with Gasteiger partial charge in [-0.25, -0.2) is 4.98 Å². The fraction of sp³-hybridized carbons (Fsp3) is 0.133.